The van der Waals surface area contributed by atoms with Crippen LogP contribution in [0.3, 0.4) is 0 Å². The van der Waals surface area contributed by atoms with Gasteiger partial charge in [0.05, 0.1) is 11.4 Å². The van der Waals surface area contributed by atoms with Crippen molar-refractivity contribution in [3.63, 3.8) is 0 Å². The summed E-state index contributed by atoms with van der Waals surface area (Å²) in [5.74, 6) is 0. The van der Waals surface area contributed by atoms with E-state index in [0.29, 0.717) is 0 Å². The van der Waals surface area contributed by atoms with Gasteiger partial charge in [-0.15, -0.1) is 11.8 Å². The molecule has 0 radical (unpaired) electrons. The molecule has 1 aromatic heterocycles. The molecule has 0 unspecified atom stereocenters. The van der Waals surface area contributed by atoms with E-state index in [9.17, 15) is 4.79 Å². The van der Waals surface area contributed by atoms with Gasteiger partial charge in [-0.3, -0.25) is 0 Å². The maximum Gasteiger partial charge on any atom is 0.419 e. The molecule has 3 aromatic rings. The minimum absolute atomic E-state index is 0.368. The number of carbonyl (C=O) groups is 1. The molecule has 2 aromatic carbocycles. The SMILES string of the molecule is CSc1ccccc1-c1ccc(-c2ccccc2)n1C(=O)OC(C)(C)C. The Morgan fingerprint density at radius 3 is 2.15 bits per heavy atom. The van der Waals surface area contributed by atoms with Gasteiger partial charge in [0.1, 0.15) is 5.60 Å². The number of hydrogen-bond acceptors (Lipinski definition) is 3. The molecule has 4 heteroatoms. The second kappa shape index (κ2) is 7.42. The molecule has 0 fully saturated rings. The lowest BCUT2D eigenvalue weighted by Crippen LogP contribution is -2.28. The van der Waals surface area contributed by atoms with Crippen LogP contribution in [0.25, 0.3) is 22.5 Å². The van der Waals surface area contributed by atoms with Crippen molar-refractivity contribution in [3.8, 4) is 22.5 Å². The number of ether oxygens (including phenoxy) is 1. The highest BCUT2D eigenvalue weighted by atomic mass is 32.2. The second-order valence-electron chi connectivity index (χ2n) is 6.99. The Morgan fingerprint density at radius 2 is 1.50 bits per heavy atom. The van der Waals surface area contributed by atoms with E-state index in [-0.39, 0.29) is 6.09 Å². The van der Waals surface area contributed by atoms with Crippen molar-refractivity contribution < 1.29 is 9.53 Å². The first-order chi connectivity index (χ1) is 12.4. The summed E-state index contributed by atoms with van der Waals surface area (Å²) < 4.78 is 7.37. The molecule has 1 heterocycles. The number of rotatable bonds is 3. The third-order valence-electron chi connectivity index (χ3n) is 3.91. The molecular weight excluding hydrogens is 342 g/mol. The van der Waals surface area contributed by atoms with E-state index in [1.54, 1.807) is 16.3 Å². The molecule has 26 heavy (non-hydrogen) atoms. The predicted octanol–water partition coefficient (Wildman–Crippen LogP) is 6.33. The Morgan fingerprint density at radius 1 is 0.885 bits per heavy atom. The largest absolute Gasteiger partial charge is 0.443 e. The van der Waals surface area contributed by atoms with Crippen molar-refractivity contribution in [2.45, 2.75) is 31.3 Å². The predicted molar refractivity (Wildman–Crippen MR) is 109 cm³/mol. The minimum Gasteiger partial charge on any atom is -0.443 e. The van der Waals surface area contributed by atoms with Crippen LogP contribution in [0, 0.1) is 0 Å². The quantitative estimate of drug-likeness (QED) is 0.508. The van der Waals surface area contributed by atoms with E-state index in [0.717, 1.165) is 27.4 Å². The van der Waals surface area contributed by atoms with Gasteiger partial charge in [0.2, 0.25) is 0 Å². The molecule has 0 saturated carbocycles. The monoisotopic (exact) mass is 365 g/mol. The number of carbonyl (C=O) groups excluding carboxylic acids is 1. The number of benzene rings is 2. The fourth-order valence-corrected chi connectivity index (χ4v) is 3.45. The van der Waals surface area contributed by atoms with Crippen molar-refractivity contribution in [2.75, 3.05) is 6.26 Å². The zero-order valence-electron chi connectivity index (χ0n) is 15.5. The topological polar surface area (TPSA) is 31.2 Å². The highest BCUT2D eigenvalue weighted by Crippen LogP contribution is 2.34. The molecule has 3 rings (SSSR count). The molecular formula is C22H23NO2S. The molecule has 0 N–H and O–H groups in total. The number of aromatic nitrogens is 1. The summed E-state index contributed by atoms with van der Waals surface area (Å²) in [6, 6.07) is 22.0. The van der Waals surface area contributed by atoms with Crippen molar-refractivity contribution >= 4 is 17.9 Å². The average Bonchev–Trinajstić information content (AvgIpc) is 3.06. The first kappa shape index (κ1) is 18.3. The standard InChI is InChI=1S/C22H23NO2S/c1-22(2,3)25-21(24)23-18(16-10-6-5-7-11-16)14-15-19(23)17-12-8-9-13-20(17)26-4/h5-15H,1-4H3. The Bertz CT molecular complexity index is 907. The zero-order chi connectivity index (χ0) is 18.7. The Balaban J connectivity index is 2.20. The molecule has 0 bridgehead atoms. The van der Waals surface area contributed by atoms with Crippen LogP contribution in [-0.4, -0.2) is 22.5 Å². The lowest BCUT2D eigenvalue weighted by atomic mass is 10.1. The summed E-state index contributed by atoms with van der Waals surface area (Å²) in [4.78, 5) is 14.2. The molecule has 0 aliphatic carbocycles. The molecule has 0 aliphatic rings. The lowest BCUT2D eigenvalue weighted by Gasteiger charge is -2.22. The van der Waals surface area contributed by atoms with E-state index >= 15 is 0 Å². The maximum absolute atomic E-state index is 13.0. The van der Waals surface area contributed by atoms with Gasteiger partial charge < -0.3 is 4.74 Å². The number of thioether (sulfide) groups is 1. The van der Waals surface area contributed by atoms with Gasteiger partial charge in [0.15, 0.2) is 0 Å². The first-order valence-electron chi connectivity index (χ1n) is 8.54. The zero-order valence-corrected chi connectivity index (χ0v) is 16.3. The van der Waals surface area contributed by atoms with Crippen LogP contribution in [0.15, 0.2) is 71.6 Å². The number of nitrogens with zero attached hydrogens (tertiary/aromatic N) is 1. The van der Waals surface area contributed by atoms with Gasteiger partial charge in [0, 0.05) is 10.5 Å². The maximum atomic E-state index is 13.0. The molecule has 3 nitrogen and oxygen atoms in total. The summed E-state index contributed by atoms with van der Waals surface area (Å²) in [5, 5.41) is 0. The van der Waals surface area contributed by atoms with Gasteiger partial charge >= 0.3 is 6.09 Å². The van der Waals surface area contributed by atoms with Crippen LogP contribution in [0.2, 0.25) is 0 Å². The summed E-state index contributed by atoms with van der Waals surface area (Å²) in [7, 11) is 0. The molecule has 134 valence electrons. The van der Waals surface area contributed by atoms with E-state index in [2.05, 4.69) is 6.07 Å². The summed E-state index contributed by atoms with van der Waals surface area (Å²) >= 11 is 1.66. The lowest BCUT2D eigenvalue weighted by molar-refractivity contribution is 0.0543. The van der Waals surface area contributed by atoms with E-state index in [1.165, 1.54) is 0 Å². The molecule has 0 aliphatic heterocycles. The van der Waals surface area contributed by atoms with Crippen LogP contribution in [0.5, 0.6) is 0 Å². The van der Waals surface area contributed by atoms with E-state index in [4.69, 9.17) is 4.74 Å². The van der Waals surface area contributed by atoms with Crippen LogP contribution in [0.1, 0.15) is 20.8 Å². The molecule has 0 saturated heterocycles. The van der Waals surface area contributed by atoms with Crippen LogP contribution in [-0.2, 0) is 4.74 Å². The summed E-state index contributed by atoms with van der Waals surface area (Å²) in [5.41, 5.74) is 3.10. The molecule has 0 atom stereocenters. The molecule has 0 amide bonds. The van der Waals surface area contributed by atoms with E-state index < -0.39 is 5.60 Å². The highest BCUT2D eigenvalue weighted by molar-refractivity contribution is 7.98. The Kier molecular flexibility index (Phi) is 5.23. The van der Waals surface area contributed by atoms with Crippen molar-refractivity contribution in [1.82, 2.24) is 4.57 Å². The van der Waals surface area contributed by atoms with Crippen molar-refractivity contribution in [1.29, 1.82) is 0 Å². The smallest absolute Gasteiger partial charge is 0.419 e. The second-order valence-corrected chi connectivity index (χ2v) is 7.83. The number of hydrogen-bond donors (Lipinski definition) is 0. The van der Waals surface area contributed by atoms with Gasteiger partial charge in [0.25, 0.3) is 0 Å². The fraction of sp³-hybridized carbons (Fsp3) is 0.227. The highest BCUT2D eigenvalue weighted by Gasteiger charge is 2.24. The van der Waals surface area contributed by atoms with Gasteiger partial charge in [-0.05, 0) is 50.8 Å². The molecule has 0 spiro atoms. The Hall–Kier alpha value is -2.46. The van der Waals surface area contributed by atoms with Crippen molar-refractivity contribution in [2.24, 2.45) is 0 Å². The fourth-order valence-electron chi connectivity index (χ4n) is 2.84. The van der Waals surface area contributed by atoms with Crippen LogP contribution < -0.4 is 0 Å². The summed E-state index contributed by atoms with van der Waals surface area (Å²) in [6.45, 7) is 5.64. The third-order valence-corrected chi connectivity index (χ3v) is 4.71. The van der Waals surface area contributed by atoms with E-state index in [1.807, 2.05) is 87.7 Å². The van der Waals surface area contributed by atoms with Crippen LogP contribution >= 0.6 is 11.8 Å². The Labute approximate surface area is 159 Å². The third kappa shape index (κ3) is 3.86. The normalized spacial score (nSPS) is 11.4. The van der Waals surface area contributed by atoms with Crippen molar-refractivity contribution in [3.05, 3.63) is 66.7 Å². The average molecular weight is 365 g/mol. The van der Waals surface area contributed by atoms with Gasteiger partial charge in [-0.1, -0.05) is 48.5 Å². The van der Waals surface area contributed by atoms with Gasteiger partial charge in [-0.2, -0.15) is 0 Å². The van der Waals surface area contributed by atoms with Gasteiger partial charge in [-0.25, -0.2) is 9.36 Å². The first-order valence-corrected chi connectivity index (χ1v) is 9.77. The minimum atomic E-state index is -0.564. The van der Waals surface area contributed by atoms with Crippen LogP contribution in [0.4, 0.5) is 4.79 Å². The summed E-state index contributed by atoms with van der Waals surface area (Å²) in [6.07, 6.45) is 1.67.